The average Bonchev–Trinajstić information content (AvgIpc) is 2.82. The highest BCUT2D eigenvalue weighted by molar-refractivity contribution is 6.30. The Morgan fingerprint density at radius 3 is 2.71 bits per heavy atom. The summed E-state index contributed by atoms with van der Waals surface area (Å²) in [5.74, 6) is 0.0856. The zero-order chi connectivity index (χ0) is 14.8. The maximum absolute atomic E-state index is 12.5. The fraction of sp³-hybridized carbons (Fsp3) is 0.235. The topological polar surface area (TPSA) is 32.3 Å². The van der Waals surface area contributed by atoms with Gasteiger partial charge in [0.1, 0.15) is 0 Å². The molecule has 2 aromatic rings. The average molecular weight is 301 g/mol. The Balaban J connectivity index is 1.70. The molecule has 4 heteroatoms. The van der Waals surface area contributed by atoms with Crippen LogP contribution in [0, 0.1) is 0 Å². The molecule has 0 saturated heterocycles. The molecule has 0 radical (unpaired) electrons. The number of carbonyl (C=O) groups excluding carboxylic acids is 1. The number of hydrogen-bond donors (Lipinski definition) is 1. The van der Waals surface area contributed by atoms with E-state index in [2.05, 4.69) is 18.3 Å². The highest BCUT2D eigenvalue weighted by Gasteiger charge is 2.29. The van der Waals surface area contributed by atoms with Gasteiger partial charge in [0, 0.05) is 22.4 Å². The molecule has 0 saturated carbocycles. The Kier molecular flexibility index (Phi) is 3.84. The Morgan fingerprint density at radius 1 is 1.24 bits per heavy atom. The van der Waals surface area contributed by atoms with Crippen LogP contribution in [0.2, 0.25) is 5.02 Å². The van der Waals surface area contributed by atoms with E-state index in [4.69, 9.17) is 11.6 Å². The number of para-hydroxylation sites is 1. The number of halogens is 1. The Morgan fingerprint density at radius 2 is 1.95 bits per heavy atom. The molecule has 0 fully saturated rings. The summed E-state index contributed by atoms with van der Waals surface area (Å²) < 4.78 is 0. The molecule has 21 heavy (non-hydrogen) atoms. The molecule has 1 heterocycles. The van der Waals surface area contributed by atoms with Gasteiger partial charge in [-0.15, -0.1) is 0 Å². The van der Waals surface area contributed by atoms with Crippen LogP contribution in [-0.2, 0) is 11.2 Å². The van der Waals surface area contributed by atoms with Crippen molar-refractivity contribution >= 4 is 28.9 Å². The van der Waals surface area contributed by atoms with Crippen molar-refractivity contribution in [2.24, 2.45) is 0 Å². The zero-order valence-electron chi connectivity index (χ0n) is 11.8. The van der Waals surface area contributed by atoms with E-state index in [1.54, 1.807) is 0 Å². The summed E-state index contributed by atoms with van der Waals surface area (Å²) in [5, 5.41) is 3.84. The number of benzene rings is 2. The number of nitrogens with zero attached hydrogens (tertiary/aromatic N) is 1. The Bertz CT molecular complexity index is 654. The van der Waals surface area contributed by atoms with Gasteiger partial charge in [0.05, 0.1) is 6.54 Å². The number of carbonyl (C=O) groups is 1. The quantitative estimate of drug-likeness (QED) is 0.937. The fourth-order valence-corrected chi connectivity index (χ4v) is 2.90. The second-order valence-electron chi connectivity index (χ2n) is 5.31. The monoisotopic (exact) mass is 300 g/mol. The molecule has 0 bridgehead atoms. The predicted octanol–water partition coefficient (Wildman–Crippen LogP) is 3.73. The van der Waals surface area contributed by atoms with Gasteiger partial charge in [-0.2, -0.15) is 0 Å². The van der Waals surface area contributed by atoms with Crippen molar-refractivity contribution < 1.29 is 4.79 Å². The number of rotatable bonds is 3. The minimum Gasteiger partial charge on any atom is -0.376 e. The van der Waals surface area contributed by atoms with Gasteiger partial charge in [0.2, 0.25) is 5.91 Å². The molecule has 1 aliphatic heterocycles. The molecule has 3 nitrogen and oxygen atoms in total. The first-order chi connectivity index (χ1) is 10.1. The van der Waals surface area contributed by atoms with Crippen molar-refractivity contribution in [2.75, 3.05) is 16.8 Å². The van der Waals surface area contributed by atoms with Crippen LogP contribution in [0.25, 0.3) is 0 Å². The summed E-state index contributed by atoms with van der Waals surface area (Å²) in [6, 6.07) is 15.7. The van der Waals surface area contributed by atoms with E-state index in [9.17, 15) is 4.79 Å². The highest BCUT2D eigenvalue weighted by Crippen LogP contribution is 2.31. The maximum atomic E-state index is 12.5. The molecule has 1 N–H and O–H groups in total. The molecular weight excluding hydrogens is 284 g/mol. The molecule has 0 unspecified atom stereocenters. The van der Waals surface area contributed by atoms with Crippen molar-refractivity contribution in [2.45, 2.75) is 19.4 Å². The zero-order valence-corrected chi connectivity index (χ0v) is 12.6. The summed E-state index contributed by atoms with van der Waals surface area (Å²) in [4.78, 5) is 14.4. The third-order valence-corrected chi connectivity index (χ3v) is 4.02. The van der Waals surface area contributed by atoms with Crippen molar-refractivity contribution in [3.05, 3.63) is 59.1 Å². The van der Waals surface area contributed by atoms with Crippen molar-refractivity contribution in [3.8, 4) is 0 Å². The van der Waals surface area contributed by atoms with Gasteiger partial charge in [0.25, 0.3) is 0 Å². The maximum Gasteiger partial charge on any atom is 0.246 e. The van der Waals surface area contributed by atoms with Crippen LogP contribution in [0.1, 0.15) is 12.5 Å². The molecule has 0 spiro atoms. The summed E-state index contributed by atoms with van der Waals surface area (Å²) in [6.07, 6.45) is 0.920. The van der Waals surface area contributed by atoms with Crippen LogP contribution < -0.4 is 10.2 Å². The lowest BCUT2D eigenvalue weighted by Gasteiger charge is -2.23. The standard InChI is InChI=1S/C17H17ClN2O/c1-12-10-13-4-2-3-5-16(13)20(12)17(21)11-19-15-8-6-14(18)7-9-15/h2-9,12,19H,10-11H2,1H3/t12-/m1/s1. The van der Waals surface area contributed by atoms with Gasteiger partial charge in [0.15, 0.2) is 0 Å². The van der Waals surface area contributed by atoms with Crippen molar-refractivity contribution in [3.63, 3.8) is 0 Å². The van der Waals surface area contributed by atoms with Crippen molar-refractivity contribution in [1.29, 1.82) is 0 Å². The fourth-order valence-electron chi connectivity index (χ4n) is 2.78. The summed E-state index contributed by atoms with van der Waals surface area (Å²) >= 11 is 5.85. The predicted molar refractivity (Wildman–Crippen MR) is 87.0 cm³/mol. The van der Waals surface area contributed by atoms with Crippen LogP contribution in [-0.4, -0.2) is 18.5 Å². The van der Waals surface area contributed by atoms with E-state index >= 15 is 0 Å². The molecule has 1 amide bonds. The van der Waals surface area contributed by atoms with Crippen LogP contribution in [0.5, 0.6) is 0 Å². The van der Waals surface area contributed by atoms with Gasteiger partial charge in [-0.05, 0) is 49.2 Å². The first-order valence-corrected chi connectivity index (χ1v) is 7.42. The summed E-state index contributed by atoms with van der Waals surface area (Å²) in [6.45, 7) is 2.36. The van der Waals surface area contributed by atoms with E-state index in [1.807, 2.05) is 47.4 Å². The number of hydrogen-bond acceptors (Lipinski definition) is 2. The Labute approximate surface area is 129 Å². The first kappa shape index (κ1) is 14.0. The van der Waals surface area contributed by atoms with Crippen LogP contribution in [0.15, 0.2) is 48.5 Å². The molecule has 3 rings (SSSR count). The van der Waals surface area contributed by atoms with Crippen LogP contribution in [0.4, 0.5) is 11.4 Å². The minimum atomic E-state index is 0.0856. The number of anilines is 2. The Hall–Kier alpha value is -2.00. The molecule has 1 atom stereocenters. The summed E-state index contributed by atoms with van der Waals surface area (Å²) in [5.41, 5.74) is 3.17. The van der Waals surface area contributed by atoms with Gasteiger partial charge in [-0.1, -0.05) is 29.8 Å². The van der Waals surface area contributed by atoms with E-state index in [0.29, 0.717) is 5.02 Å². The molecule has 1 aliphatic rings. The van der Waals surface area contributed by atoms with E-state index in [0.717, 1.165) is 17.8 Å². The van der Waals surface area contributed by atoms with Crippen LogP contribution in [0.3, 0.4) is 0 Å². The molecule has 108 valence electrons. The second-order valence-corrected chi connectivity index (χ2v) is 5.74. The van der Waals surface area contributed by atoms with Gasteiger partial charge in [-0.3, -0.25) is 4.79 Å². The third kappa shape index (κ3) is 2.88. The number of nitrogens with one attached hydrogen (secondary N) is 1. The molecular formula is C17H17ClN2O. The van der Waals surface area contributed by atoms with Crippen molar-refractivity contribution in [1.82, 2.24) is 0 Å². The molecule has 0 aromatic heterocycles. The number of amides is 1. The minimum absolute atomic E-state index is 0.0856. The lowest BCUT2D eigenvalue weighted by molar-refractivity contribution is -0.117. The highest BCUT2D eigenvalue weighted by atomic mass is 35.5. The SMILES string of the molecule is C[C@@H]1Cc2ccccc2N1C(=O)CNc1ccc(Cl)cc1. The third-order valence-electron chi connectivity index (χ3n) is 3.76. The van der Waals surface area contributed by atoms with E-state index in [1.165, 1.54) is 5.56 Å². The smallest absolute Gasteiger partial charge is 0.246 e. The van der Waals surface area contributed by atoms with Gasteiger partial charge >= 0.3 is 0 Å². The lowest BCUT2D eigenvalue weighted by Crippen LogP contribution is -2.39. The summed E-state index contributed by atoms with van der Waals surface area (Å²) in [7, 11) is 0. The number of fused-ring (bicyclic) bond motifs is 1. The largest absolute Gasteiger partial charge is 0.376 e. The van der Waals surface area contributed by atoms with E-state index < -0.39 is 0 Å². The van der Waals surface area contributed by atoms with Gasteiger partial charge < -0.3 is 10.2 Å². The second kappa shape index (κ2) is 5.78. The first-order valence-electron chi connectivity index (χ1n) is 7.04. The lowest BCUT2D eigenvalue weighted by atomic mass is 10.1. The molecule has 0 aliphatic carbocycles. The van der Waals surface area contributed by atoms with Crippen LogP contribution >= 0.6 is 11.6 Å². The van der Waals surface area contributed by atoms with E-state index in [-0.39, 0.29) is 18.5 Å². The molecule has 2 aromatic carbocycles. The van der Waals surface area contributed by atoms with Gasteiger partial charge in [-0.25, -0.2) is 0 Å². The normalized spacial score (nSPS) is 16.7.